The van der Waals surface area contributed by atoms with Gasteiger partial charge in [-0.15, -0.1) is 0 Å². The highest BCUT2D eigenvalue weighted by molar-refractivity contribution is 6.33. The van der Waals surface area contributed by atoms with Crippen molar-refractivity contribution in [1.29, 1.82) is 0 Å². The lowest BCUT2D eigenvalue weighted by atomic mass is 10.1. The van der Waals surface area contributed by atoms with Gasteiger partial charge >= 0.3 is 5.97 Å². The molecule has 0 aliphatic carbocycles. The fourth-order valence-electron chi connectivity index (χ4n) is 1.61. The maximum absolute atomic E-state index is 11.7. The van der Waals surface area contributed by atoms with Crippen LogP contribution in [0.1, 0.15) is 10.5 Å². The number of benzene rings is 1. The number of carbonyl (C=O) groups is 2. The molecule has 3 N–H and O–H groups in total. The molecule has 0 aliphatic heterocycles. The molecule has 1 amide bonds. The van der Waals surface area contributed by atoms with Crippen LogP contribution in [-0.4, -0.2) is 33.5 Å². The average Bonchev–Trinajstić information content (AvgIpc) is 2.46. The summed E-state index contributed by atoms with van der Waals surface area (Å²) in [5, 5.41) is 11.0. The smallest absolute Gasteiger partial charge is 0.322 e. The highest BCUT2D eigenvalue weighted by atomic mass is 35.5. The molecule has 0 aliphatic rings. The van der Waals surface area contributed by atoms with Crippen LogP contribution >= 0.6 is 11.6 Å². The molecule has 0 unspecified atom stereocenters. The van der Waals surface area contributed by atoms with Crippen molar-refractivity contribution in [2.24, 2.45) is 0 Å². The van der Waals surface area contributed by atoms with E-state index in [1.807, 2.05) is 0 Å². The van der Waals surface area contributed by atoms with E-state index < -0.39 is 29.7 Å². The minimum Gasteiger partial charge on any atom is -0.480 e. The SMILES string of the molecule is O=C(O)CNC(=O)c1nc(-c2ccccc2Cl)c[nH]c1=O. The van der Waals surface area contributed by atoms with Crippen molar-refractivity contribution in [3.05, 3.63) is 51.5 Å². The maximum Gasteiger partial charge on any atom is 0.322 e. The molecule has 1 aromatic heterocycles. The Hall–Kier alpha value is -2.67. The van der Waals surface area contributed by atoms with Crippen LogP contribution in [-0.2, 0) is 4.79 Å². The largest absolute Gasteiger partial charge is 0.480 e. The standard InChI is InChI=1S/C13H10ClN3O4/c14-8-4-2-1-3-7(8)9-5-15-12(20)11(17-9)13(21)16-6-10(18)19/h1-5H,6H2,(H,15,20)(H,16,21)(H,18,19). The molecule has 21 heavy (non-hydrogen) atoms. The second-order valence-corrected chi connectivity index (χ2v) is 4.43. The van der Waals surface area contributed by atoms with E-state index in [4.69, 9.17) is 16.7 Å². The number of halogens is 1. The second kappa shape index (κ2) is 6.19. The Morgan fingerprint density at radius 3 is 2.71 bits per heavy atom. The number of nitrogens with one attached hydrogen (secondary N) is 2. The lowest BCUT2D eigenvalue weighted by Crippen LogP contribution is -2.34. The van der Waals surface area contributed by atoms with Crippen LogP contribution < -0.4 is 10.9 Å². The van der Waals surface area contributed by atoms with Crippen LogP contribution in [0.25, 0.3) is 11.3 Å². The van der Waals surface area contributed by atoms with Crippen LogP contribution in [0.4, 0.5) is 0 Å². The third kappa shape index (κ3) is 3.46. The van der Waals surface area contributed by atoms with Crippen molar-refractivity contribution in [3.8, 4) is 11.3 Å². The zero-order valence-electron chi connectivity index (χ0n) is 10.6. The topological polar surface area (TPSA) is 112 Å². The van der Waals surface area contributed by atoms with E-state index in [0.29, 0.717) is 16.3 Å². The van der Waals surface area contributed by atoms with Gasteiger partial charge in [0, 0.05) is 11.8 Å². The third-order valence-electron chi connectivity index (χ3n) is 2.55. The zero-order chi connectivity index (χ0) is 15.4. The van der Waals surface area contributed by atoms with E-state index in [1.54, 1.807) is 24.3 Å². The van der Waals surface area contributed by atoms with Crippen molar-refractivity contribution in [2.45, 2.75) is 0 Å². The summed E-state index contributed by atoms with van der Waals surface area (Å²) in [5.74, 6) is -2.09. The monoisotopic (exact) mass is 307 g/mol. The van der Waals surface area contributed by atoms with Gasteiger partial charge in [0.2, 0.25) is 0 Å². The number of aromatic amines is 1. The van der Waals surface area contributed by atoms with Gasteiger partial charge in [-0.1, -0.05) is 29.8 Å². The number of carboxylic acid groups (broad SMARTS) is 1. The molecule has 8 heteroatoms. The van der Waals surface area contributed by atoms with E-state index in [1.165, 1.54) is 6.20 Å². The first-order chi connectivity index (χ1) is 9.99. The molecule has 0 bridgehead atoms. The number of nitrogens with zero attached hydrogens (tertiary/aromatic N) is 1. The molecule has 0 radical (unpaired) electrons. The molecular weight excluding hydrogens is 298 g/mol. The van der Waals surface area contributed by atoms with Gasteiger partial charge in [-0.05, 0) is 6.07 Å². The molecular formula is C13H10ClN3O4. The van der Waals surface area contributed by atoms with E-state index in [-0.39, 0.29) is 0 Å². The molecule has 2 rings (SSSR count). The molecule has 0 saturated carbocycles. The number of rotatable bonds is 4. The first kappa shape index (κ1) is 14.7. The molecule has 2 aromatic rings. The number of hydrogen-bond acceptors (Lipinski definition) is 4. The lowest BCUT2D eigenvalue weighted by molar-refractivity contribution is -0.135. The molecule has 7 nitrogen and oxygen atoms in total. The molecule has 0 saturated heterocycles. The zero-order valence-corrected chi connectivity index (χ0v) is 11.3. The summed E-state index contributed by atoms with van der Waals surface area (Å²) in [6.07, 6.45) is 1.33. The first-order valence-corrected chi connectivity index (χ1v) is 6.21. The number of carbonyl (C=O) groups excluding carboxylic acids is 1. The molecule has 1 heterocycles. The van der Waals surface area contributed by atoms with E-state index in [9.17, 15) is 14.4 Å². The fraction of sp³-hybridized carbons (Fsp3) is 0.0769. The Labute approximate surface area is 123 Å². The summed E-state index contributed by atoms with van der Waals surface area (Å²) in [5.41, 5.74) is -0.286. The van der Waals surface area contributed by atoms with Crippen molar-refractivity contribution >= 4 is 23.5 Å². The summed E-state index contributed by atoms with van der Waals surface area (Å²) in [6.45, 7) is -0.601. The van der Waals surface area contributed by atoms with Crippen LogP contribution in [0.3, 0.4) is 0 Å². The highest BCUT2D eigenvalue weighted by Gasteiger charge is 2.15. The molecule has 108 valence electrons. The predicted octanol–water partition coefficient (Wildman–Crippen LogP) is 0.905. The fourth-order valence-corrected chi connectivity index (χ4v) is 1.84. The Morgan fingerprint density at radius 2 is 2.05 bits per heavy atom. The van der Waals surface area contributed by atoms with E-state index in [2.05, 4.69) is 15.3 Å². The minimum absolute atomic E-state index is 0.306. The summed E-state index contributed by atoms with van der Waals surface area (Å²) >= 11 is 6.02. The Kier molecular flexibility index (Phi) is 4.34. The summed E-state index contributed by atoms with van der Waals surface area (Å²) in [4.78, 5) is 40.1. The van der Waals surface area contributed by atoms with E-state index in [0.717, 1.165) is 0 Å². The van der Waals surface area contributed by atoms with Crippen LogP contribution in [0.5, 0.6) is 0 Å². The van der Waals surface area contributed by atoms with Crippen molar-refractivity contribution in [3.63, 3.8) is 0 Å². The second-order valence-electron chi connectivity index (χ2n) is 4.02. The predicted molar refractivity (Wildman–Crippen MR) is 75.3 cm³/mol. The first-order valence-electron chi connectivity index (χ1n) is 5.83. The number of hydrogen-bond donors (Lipinski definition) is 3. The minimum atomic E-state index is -1.22. The van der Waals surface area contributed by atoms with Gasteiger partial charge in [0.15, 0.2) is 5.69 Å². The molecule has 0 spiro atoms. The van der Waals surface area contributed by atoms with Gasteiger partial charge in [0.1, 0.15) is 6.54 Å². The quantitative estimate of drug-likeness (QED) is 0.777. The molecule has 0 fully saturated rings. The van der Waals surface area contributed by atoms with Gasteiger partial charge in [0.05, 0.1) is 10.7 Å². The Balaban J connectivity index is 2.38. The van der Waals surface area contributed by atoms with Gasteiger partial charge in [0.25, 0.3) is 11.5 Å². The normalized spacial score (nSPS) is 10.1. The van der Waals surface area contributed by atoms with Gasteiger partial charge in [-0.25, -0.2) is 4.98 Å². The highest BCUT2D eigenvalue weighted by Crippen LogP contribution is 2.24. The number of aliphatic carboxylic acids is 1. The van der Waals surface area contributed by atoms with Crippen LogP contribution in [0.2, 0.25) is 5.02 Å². The van der Waals surface area contributed by atoms with Gasteiger partial charge < -0.3 is 15.4 Å². The van der Waals surface area contributed by atoms with Crippen molar-refractivity contribution in [2.75, 3.05) is 6.54 Å². The number of aromatic nitrogens is 2. The van der Waals surface area contributed by atoms with Crippen LogP contribution in [0, 0.1) is 0 Å². The maximum atomic E-state index is 11.7. The third-order valence-corrected chi connectivity index (χ3v) is 2.88. The van der Waals surface area contributed by atoms with Crippen LogP contribution in [0.15, 0.2) is 35.3 Å². The van der Waals surface area contributed by atoms with E-state index >= 15 is 0 Å². The average molecular weight is 308 g/mol. The number of amides is 1. The molecule has 0 atom stereocenters. The van der Waals surface area contributed by atoms with Gasteiger partial charge in [-0.3, -0.25) is 14.4 Å². The summed E-state index contributed by atoms with van der Waals surface area (Å²) < 4.78 is 0. The Bertz CT molecular complexity index is 757. The van der Waals surface area contributed by atoms with Gasteiger partial charge in [-0.2, -0.15) is 0 Å². The Morgan fingerprint density at radius 1 is 1.33 bits per heavy atom. The van der Waals surface area contributed by atoms with Crippen molar-refractivity contribution in [1.82, 2.24) is 15.3 Å². The van der Waals surface area contributed by atoms with Crippen molar-refractivity contribution < 1.29 is 14.7 Å². The number of H-pyrrole nitrogens is 1. The molecule has 1 aromatic carbocycles. The summed E-state index contributed by atoms with van der Waals surface area (Å²) in [6, 6.07) is 6.80. The summed E-state index contributed by atoms with van der Waals surface area (Å²) in [7, 11) is 0. The lowest BCUT2D eigenvalue weighted by Gasteiger charge is -2.05. The number of carboxylic acids is 1.